The van der Waals surface area contributed by atoms with Gasteiger partial charge in [0.15, 0.2) is 0 Å². The van der Waals surface area contributed by atoms with Crippen molar-refractivity contribution in [2.75, 3.05) is 12.4 Å². The van der Waals surface area contributed by atoms with Crippen molar-refractivity contribution in [3.63, 3.8) is 0 Å². The fraction of sp³-hybridized carbons (Fsp3) is 0.615. The molecule has 1 N–H and O–H groups in total. The molecule has 1 aromatic rings. The lowest BCUT2D eigenvalue weighted by Gasteiger charge is -2.33. The second kappa shape index (κ2) is 12.3. The highest BCUT2D eigenvalue weighted by Crippen LogP contribution is 2.27. The van der Waals surface area contributed by atoms with E-state index < -0.39 is 6.04 Å². The van der Waals surface area contributed by atoms with E-state index in [9.17, 15) is 9.59 Å². The van der Waals surface area contributed by atoms with Crippen LogP contribution in [0.2, 0.25) is 0 Å². The highest BCUT2D eigenvalue weighted by atomic mass is 35.5. The summed E-state index contributed by atoms with van der Waals surface area (Å²) >= 11 is 6.01. The topological polar surface area (TPSA) is 49.4 Å². The molecule has 5 heteroatoms. The fourth-order valence-electron chi connectivity index (χ4n) is 4.80. The van der Waals surface area contributed by atoms with Gasteiger partial charge in [-0.25, -0.2) is 0 Å². The van der Waals surface area contributed by atoms with E-state index in [4.69, 9.17) is 11.6 Å². The quantitative estimate of drug-likeness (QED) is 0.311. The third-order valence-electron chi connectivity index (χ3n) is 6.65. The molecule has 0 aliphatic heterocycles. The van der Waals surface area contributed by atoms with Gasteiger partial charge in [-0.15, -0.1) is 11.6 Å². The Kier molecular flexibility index (Phi) is 9.45. The Bertz CT molecular complexity index is 751. The zero-order valence-corrected chi connectivity index (χ0v) is 19.6. The summed E-state index contributed by atoms with van der Waals surface area (Å²) in [5, 5.41) is 3.28. The maximum Gasteiger partial charge on any atom is 0.247 e. The van der Waals surface area contributed by atoms with Gasteiger partial charge in [-0.05, 0) is 57.4 Å². The molecule has 0 spiro atoms. The van der Waals surface area contributed by atoms with Crippen LogP contribution in [-0.4, -0.2) is 35.2 Å². The number of nitrogens with one attached hydrogen (secondary N) is 1. The van der Waals surface area contributed by atoms with Gasteiger partial charge in [-0.2, -0.15) is 0 Å². The largest absolute Gasteiger partial charge is 0.351 e. The van der Waals surface area contributed by atoms with Crippen LogP contribution in [0, 0.1) is 6.92 Å². The lowest BCUT2D eigenvalue weighted by Crippen LogP contribution is -2.47. The van der Waals surface area contributed by atoms with Crippen LogP contribution in [-0.2, 0) is 9.59 Å². The average molecular weight is 445 g/mol. The third-order valence-corrected chi connectivity index (χ3v) is 6.88. The maximum atomic E-state index is 13.6. The number of rotatable bonds is 8. The molecule has 2 amide bonds. The van der Waals surface area contributed by atoms with Gasteiger partial charge in [-0.1, -0.05) is 67.2 Å². The molecular weight excluding hydrogens is 408 g/mol. The van der Waals surface area contributed by atoms with E-state index in [1.165, 1.54) is 31.3 Å². The Morgan fingerprint density at radius 2 is 1.77 bits per heavy atom. The molecule has 1 atom stereocenters. The molecule has 0 saturated heterocycles. The van der Waals surface area contributed by atoms with Gasteiger partial charge >= 0.3 is 0 Å². The Morgan fingerprint density at radius 3 is 2.39 bits per heavy atom. The molecule has 1 aromatic carbocycles. The molecule has 0 unspecified atom stereocenters. The number of halogens is 1. The molecule has 2 aliphatic carbocycles. The third kappa shape index (κ3) is 7.10. The van der Waals surface area contributed by atoms with Crippen LogP contribution in [0.3, 0.4) is 0 Å². The van der Waals surface area contributed by atoms with Crippen molar-refractivity contribution in [2.24, 2.45) is 0 Å². The summed E-state index contributed by atoms with van der Waals surface area (Å²) in [6, 6.07) is 7.52. The average Bonchev–Trinajstić information content (AvgIpc) is 3.06. The van der Waals surface area contributed by atoms with Crippen molar-refractivity contribution >= 4 is 23.4 Å². The minimum Gasteiger partial charge on any atom is -0.351 e. The van der Waals surface area contributed by atoms with E-state index in [-0.39, 0.29) is 23.7 Å². The van der Waals surface area contributed by atoms with E-state index in [0.717, 1.165) is 56.1 Å². The Labute approximate surface area is 192 Å². The minimum absolute atomic E-state index is 0.0770. The second-order valence-electron chi connectivity index (χ2n) is 9.09. The number of aryl methyl sites for hydroxylation is 1. The first kappa shape index (κ1) is 23.8. The number of alkyl halides is 1. The number of allylic oxidation sites excluding steroid dienone is 1. The van der Waals surface area contributed by atoms with Crippen molar-refractivity contribution in [3.05, 3.63) is 47.0 Å². The van der Waals surface area contributed by atoms with Gasteiger partial charge in [0.25, 0.3) is 0 Å². The summed E-state index contributed by atoms with van der Waals surface area (Å²) in [5.74, 6) is -0.371. The van der Waals surface area contributed by atoms with Crippen LogP contribution >= 0.6 is 11.6 Å². The van der Waals surface area contributed by atoms with Crippen LogP contribution < -0.4 is 5.32 Å². The number of carbonyl (C=O) groups is 2. The number of amides is 2. The van der Waals surface area contributed by atoms with E-state index >= 15 is 0 Å². The monoisotopic (exact) mass is 444 g/mol. The Balaban J connectivity index is 1.83. The molecule has 1 fully saturated rings. The second-order valence-corrected chi connectivity index (χ2v) is 9.36. The van der Waals surface area contributed by atoms with Gasteiger partial charge in [0.05, 0.1) is 0 Å². The summed E-state index contributed by atoms with van der Waals surface area (Å²) in [5.41, 5.74) is 3.38. The van der Waals surface area contributed by atoms with Crippen LogP contribution in [0.25, 0.3) is 0 Å². The molecule has 4 nitrogen and oxygen atoms in total. The lowest BCUT2D eigenvalue weighted by atomic mass is 9.96. The van der Waals surface area contributed by atoms with Gasteiger partial charge in [0, 0.05) is 12.6 Å². The van der Waals surface area contributed by atoms with Gasteiger partial charge in [0.1, 0.15) is 11.9 Å². The first-order valence-electron chi connectivity index (χ1n) is 12.0. The fourth-order valence-corrected chi connectivity index (χ4v) is 4.95. The van der Waals surface area contributed by atoms with Gasteiger partial charge in [0.2, 0.25) is 11.8 Å². The first-order valence-corrected chi connectivity index (χ1v) is 12.5. The zero-order chi connectivity index (χ0) is 22.1. The highest BCUT2D eigenvalue weighted by Gasteiger charge is 2.32. The summed E-state index contributed by atoms with van der Waals surface area (Å²) in [6.45, 7) is 2.55. The van der Waals surface area contributed by atoms with Crippen molar-refractivity contribution < 1.29 is 9.59 Å². The van der Waals surface area contributed by atoms with Gasteiger partial charge < -0.3 is 10.2 Å². The van der Waals surface area contributed by atoms with Crippen LogP contribution in [0.4, 0.5) is 0 Å². The van der Waals surface area contributed by atoms with Gasteiger partial charge in [-0.3, -0.25) is 9.59 Å². The maximum absolute atomic E-state index is 13.6. The van der Waals surface area contributed by atoms with Crippen molar-refractivity contribution in [2.45, 2.75) is 89.6 Å². The molecule has 0 aromatic heterocycles. The molecule has 3 rings (SSSR count). The molecule has 170 valence electrons. The minimum atomic E-state index is -0.640. The van der Waals surface area contributed by atoms with Crippen LogP contribution in [0.1, 0.15) is 87.8 Å². The first-order chi connectivity index (χ1) is 15.1. The molecule has 0 radical (unpaired) electrons. The van der Waals surface area contributed by atoms with Crippen LogP contribution in [0.5, 0.6) is 0 Å². The smallest absolute Gasteiger partial charge is 0.247 e. The molecular formula is C26H37ClN2O2. The van der Waals surface area contributed by atoms with Crippen molar-refractivity contribution in [1.29, 1.82) is 0 Å². The van der Waals surface area contributed by atoms with E-state index in [2.05, 4.69) is 11.4 Å². The summed E-state index contributed by atoms with van der Waals surface area (Å²) < 4.78 is 0. The summed E-state index contributed by atoms with van der Waals surface area (Å²) in [6.07, 6.45) is 14.6. The number of nitrogens with zero attached hydrogens (tertiary/aromatic N) is 1. The summed E-state index contributed by atoms with van der Waals surface area (Å²) in [4.78, 5) is 28.2. The number of carbonyl (C=O) groups excluding carboxylic acids is 2. The van der Waals surface area contributed by atoms with Crippen LogP contribution in [0.15, 0.2) is 35.9 Å². The van der Waals surface area contributed by atoms with Crippen molar-refractivity contribution in [1.82, 2.24) is 10.2 Å². The molecule has 0 heterocycles. The zero-order valence-electron chi connectivity index (χ0n) is 18.9. The Morgan fingerprint density at radius 1 is 1.06 bits per heavy atom. The highest BCUT2D eigenvalue weighted by molar-refractivity contribution is 6.27. The van der Waals surface area contributed by atoms with Crippen molar-refractivity contribution in [3.8, 4) is 0 Å². The normalized spacial score (nSPS) is 18.6. The number of hydrogen-bond donors (Lipinski definition) is 1. The van der Waals surface area contributed by atoms with E-state index in [1.807, 2.05) is 31.2 Å². The predicted molar refractivity (Wildman–Crippen MR) is 127 cm³/mol. The molecule has 31 heavy (non-hydrogen) atoms. The number of hydrogen-bond acceptors (Lipinski definition) is 2. The van der Waals surface area contributed by atoms with E-state index in [1.54, 1.807) is 4.90 Å². The van der Waals surface area contributed by atoms with E-state index in [0.29, 0.717) is 6.54 Å². The lowest BCUT2D eigenvalue weighted by molar-refractivity contribution is -0.139. The standard InChI is InChI=1S/C26H37ClN2O2/c1-20-13-15-22(16-14-20)25(26(31)28-23-11-7-2-3-8-12-23)29(24(30)19-27)18-17-21-9-5-4-6-10-21/h9,13-16,23,25H,2-8,10-12,17-19H2,1H3,(H,28,31)/t25-/m1/s1. The molecule has 0 bridgehead atoms. The Hall–Kier alpha value is -1.81. The summed E-state index contributed by atoms with van der Waals surface area (Å²) in [7, 11) is 0. The number of benzene rings is 1. The predicted octanol–water partition coefficient (Wildman–Crippen LogP) is 5.83. The SMILES string of the molecule is Cc1ccc([C@H](C(=O)NC2CCCCCC2)N(CCC2=CCCCC2)C(=O)CCl)cc1. The molecule has 2 aliphatic rings. The molecule has 1 saturated carbocycles.